The van der Waals surface area contributed by atoms with Crippen molar-refractivity contribution in [1.82, 2.24) is 5.48 Å². The number of nitrogens with two attached hydrogens (primary N) is 1. The van der Waals surface area contributed by atoms with Gasteiger partial charge in [0, 0.05) is 10.4 Å². The molecule has 1 heterocycles. The van der Waals surface area contributed by atoms with E-state index in [1.165, 1.54) is 17.4 Å². The van der Waals surface area contributed by atoms with Crippen LogP contribution in [0.25, 0.3) is 10.4 Å². The van der Waals surface area contributed by atoms with Crippen LogP contribution in [0.1, 0.15) is 10.4 Å². The van der Waals surface area contributed by atoms with E-state index in [1.807, 2.05) is 6.07 Å². The van der Waals surface area contributed by atoms with Crippen molar-refractivity contribution in [2.45, 2.75) is 0 Å². The van der Waals surface area contributed by atoms with Crippen molar-refractivity contribution in [3.05, 3.63) is 46.3 Å². The van der Waals surface area contributed by atoms with Crippen molar-refractivity contribution < 1.29 is 17.5 Å². The van der Waals surface area contributed by atoms with E-state index in [2.05, 4.69) is 4.28 Å². The number of benzene rings is 1. The van der Waals surface area contributed by atoms with Gasteiger partial charge in [0.05, 0.1) is 4.34 Å². The number of rotatable bonds is 6. The first-order valence-corrected chi connectivity index (χ1v) is 8.94. The number of halogens is 1. The first-order valence-electron chi connectivity index (χ1n) is 6.17. The highest BCUT2D eigenvalue weighted by Crippen LogP contribution is 2.31. The maximum absolute atomic E-state index is 12.1. The molecule has 23 heavy (non-hydrogen) atoms. The fourth-order valence-electron chi connectivity index (χ4n) is 1.70. The van der Waals surface area contributed by atoms with E-state index in [4.69, 9.17) is 22.7 Å². The number of hydrogen-bond acceptors (Lipinski definition) is 6. The Labute approximate surface area is 141 Å². The molecule has 0 saturated carbocycles. The third-order valence-corrected chi connectivity index (χ3v) is 4.86. The Hall–Kier alpha value is -1.94. The minimum Gasteiger partial charge on any atom is -0.368 e. The molecule has 0 unspecified atom stereocenters. The summed E-state index contributed by atoms with van der Waals surface area (Å²) in [5.41, 5.74) is 7.59. The van der Waals surface area contributed by atoms with E-state index in [0.717, 1.165) is 10.4 Å². The van der Waals surface area contributed by atoms with Crippen LogP contribution in [0.3, 0.4) is 0 Å². The Balaban J connectivity index is 2.15. The second kappa shape index (κ2) is 7.09. The molecule has 0 aliphatic rings. The molecule has 0 fully saturated rings. The van der Waals surface area contributed by atoms with Crippen LogP contribution in [-0.2, 0) is 14.4 Å². The maximum atomic E-state index is 12.1. The number of nitrogens with one attached hydrogen (secondary N) is 2. The van der Waals surface area contributed by atoms with Crippen molar-refractivity contribution in [2.75, 3.05) is 5.75 Å². The molecule has 0 spiro atoms. The van der Waals surface area contributed by atoms with E-state index in [1.54, 1.807) is 29.7 Å². The van der Waals surface area contributed by atoms with Crippen LogP contribution in [0.2, 0.25) is 4.34 Å². The summed E-state index contributed by atoms with van der Waals surface area (Å²) < 4.78 is 28.1. The highest BCUT2D eigenvalue weighted by Gasteiger charge is 2.20. The predicted molar refractivity (Wildman–Crippen MR) is 89.0 cm³/mol. The molecule has 0 saturated heterocycles. The number of hydrogen-bond donors (Lipinski definition) is 3. The Morgan fingerprint density at radius 2 is 2.09 bits per heavy atom. The Morgan fingerprint density at radius 1 is 1.35 bits per heavy atom. The fourth-order valence-corrected chi connectivity index (χ4v) is 3.50. The summed E-state index contributed by atoms with van der Waals surface area (Å²) in [6, 6.07) is 10.1. The highest BCUT2D eigenvalue weighted by molar-refractivity contribution is 7.87. The number of ketones is 1. The van der Waals surface area contributed by atoms with E-state index >= 15 is 0 Å². The zero-order chi connectivity index (χ0) is 17.0. The van der Waals surface area contributed by atoms with Gasteiger partial charge in [0.2, 0.25) is 5.96 Å². The molecule has 1 aromatic heterocycles. The number of carbonyl (C=O) groups excluding carboxylic acids is 1. The molecule has 0 amide bonds. The van der Waals surface area contributed by atoms with Crippen molar-refractivity contribution in [1.29, 1.82) is 5.41 Å². The fraction of sp³-hybridized carbons (Fsp3) is 0.0769. The first-order chi connectivity index (χ1) is 10.8. The molecule has 0 bridgehead atoms. The van der Waals surface area contributed by atoms with E-state index < -0.39 is 27.6 Å². The predicted octanol–water partition coefficient (Wildman–Crippen LogP) is 2.00. The van der Waals surface area contributed by atoms with Gasteiger partial charge < -0.3 is 5.73 Å². The van der Waals surface area contributed by atoms with Gasteiger partial charge in [-0.1, -0.05) is 29.8 Å². The quantitative estimate of drug-likeness (QED) is 0.308. The largest absolute Gasteiger partial charge is 0.368 e. The summed E-state index contributed by atoms with van der Waals surface area (Å²) in [6.45, 7) is 0. The molecule has 10 heteroatoms. The second-order valence-corrected chi connectivity index (χ2v) is 7.69. The first kappa shape index (κ1) is 17.4. The summed E-state index contributed by atoms with van der Waals surface area (Å²) in [4.78, 5) is 13.0. The molecule has 2 rings (SSSR count). The van der Waals surface area contributed by atoms with Gasteiger partial charge in [0.15, 0.2) is 5.78 Å². The van der Waals surface area contributed by atoms with Crippen LogP contribution in [0.4, 0.5) is 0 Å². The van der Waals surface area contributed by atoms with E-state index in [0.29, 0.717) is 4.34 Å². The number of guanidine groups is 1. The molecule has 0 aliphatic carbocycles. The number of carbonyl (C=O) groups is 1. The van der Waals surface area contributed by atoms with Gasteiger partial charge >= 0.3 is 0 Å². The van der Waals surface area contributed by atoms with Gasteiger partial charge in [-0.2, -0.15) is 8.42 Å². The molecule has 7 nitrogen and oxygen atoms in total. The summed E-state index contributed by atoms with van der Waals surface area (Å²) in [7, 11) is -4.20. The van der Waals surface area contributed by atoms with Crippen LogP contribution in [0.5, 0.6) is 0 Å². The van der Waals surface area contributed by atoms with Gasteiger partial charge in [-0.05, 0) is 23.8 Å². The van der Waals surface area contributed by atoms with Crippen molar-refractivity contribution >= 4 is 44.8 Å². The zero-order valence-electron chi connectivity index (χ0n) is 11.6. The lowest BCUT2D eigenvalue weighted by Crippen LogP contribution is -2.34. The van der Waals surface area contributed by atoms with Crippen LogP contribution in [-0.4, -0.2) is 25.9 Å². The Kier molecular flexibility index (Phi) is 5.37. The standard InChI is InChI=1S/C13H12ClN3O4S2/c14-12-5-4-11(22-12)9-3-1-2-8(6-9)10(18)7-23(19,20)21-17-13(15)16/h1-6H,7H2,(H4,15,16,17). The van der Waals surface area contributed by atoms with Crippen molar-refractivity contribution in [3.63, 3.8) is 0 Å². The lowest BCUT2D eigenvalue weighted by molar-refractivity contribution is 0.101. The minimum atomic E-state index is -4.20. The average Bonchev–Trinajstić information content (AvgIpc) is 2.92. The third-order valence-electron chi connectivity index (χ3n) is 2.63. The van der Waals surface area contributed by atoms with Crippen molar-refractivity contribution in [3.8, 4) is 10.4 Å². The molecule has 0 aliphatic heterocycles. The Morgan fingerprint density at radius 3 is 2.70 bits per heavy atom. The lowest BCUT2D eigenvalue weighted by Gasteiger charge is -2.06. The molecule has 1 aromatic carbocycles. The minimum absolute atomic E-state index is 0.224. The van der Waals surface area contributed by atoms with E-state index in [-0.39, 0.29) is 5.56 Å². The third kappa shape index (κ3) is 5.03. The number of Topliss-reactive ketones (excluding diaryl/α,β-unsaturated/α-hetero) is 1. The van der Waals surface area contributed by atoms with Crippen LogP contribution in [0, 0.1) is 5.41 Å². The highest BCUT2D eigenvalue weighted by atomic mass is 35.5. The van der Waals surface area contributed by atoms with E-state index in [9.17, 15) is 13.2 Å². The topological polar surface area (TPSA) is 122 Å². The summed E-state index contributed by atoms with van der Waals surface area (Å²) in [5.74, 6) is -2.19. The van der Waals surface area contributed by atoms with Crippen LogP contribution >= 0.6 is 22.9 Å². The zero-order valence-corrected chi connectivity index (χ0v) is 14.0. The van der Waals surface area contributed by atoms with Gasteiger partial charge in [0.25, 0.3) is 10.1 Å². The summed E-state index contributed by atoms with van der Waals surface area (Å²) in [6.07, 6.45) is 0. The lowest BCUT2D eigenvalue weighted by atomic mass is 10.1. The molecule has 0 atom stereocenters. The second-order valence-electron chi connectivity index (χ2n) is 4.41. The SMILES string of the molecule is N=C(N)NOS(=O)(=O)CC(=O)c1cccc(-c2ccc(Cl)s2)c1. The van der Waals surface area contributed by atoms with Gasteiger partial charge in [-0.3, -0.25) is 10.2 Å². The van der Waals surface area contributed by atoms with Crippen molar-refractivity contribution in [2.24, 2.45) is 5.73 Å². The molecule has 4 N–H and O–H groups in total. The number of hydroxylamine groups is 1. The molecule has 2 aromatic rings. The average molecular weight is 374 g/mol. The van der Waals surface area contributed by atoms with Crippen LogP contribution < -0.4 is 11.2 Å². The maximum Gasteiger partial charge on any atom is 0.295 e. The monoisotopic (exact) mass is 373 g/mol. The normalized spacial score (nSPS) is 11.2. The number of thiophene rings is 1. The van der Waals surface area contributed by atoms with Gasteiger partial charge in [-0.25, -0.2) is 5.48 Å². The molecule has 0 radical (unpaired) electrons. The van der Waals surface area contributed by atoms with Gasteiger partial charge in [-0.15, -0.1) is 15.6 Å². The van der Waals surface area contributed by atoms with Crippen LogP contribution in [0.15, 0.2) is 36.4 Å². The smallest absolute Gasteiger partial charge is 0.295 e. The summed E-state index contributed by atoms with van der Waals surface area (Å²) in [5, 5.41) is 6.83. The Bertz CT molecular complexity index is 848. The summed E-state index contributed by atoms with van der Waals surface area (Å²) >= 11 is 7.23. The molecular formula is C13H12ClN3O4S2. The van der Waals surface area contributed by atoms with Gasteiger partial charge in [0.1, 0.15) is 5.75 Å². The molecule has 122 valence electrons. The molecular weight excluding hydrogens is 362 g/mol.